The maximum absolute atomic E-state index is 3.16. The van der Waals surface area contributed by atoms with E-state index in [-0.39, 0.29) is 21.6 Å². The molecule has 1 rings (SSSR count). The van der Waals surface area contributed by atoms with E-state index in [1.165, 1.54) is 0 Å². The highest BCUT2D eigenvalue weighted by molar-refractivity contribution is 7.19. The Labute approximate surface area is 122 Å². The Morgan fingerprint density at radius 2 is 1.11 bits per heavy atom. The van der Waals surface area contributed by atoms with Crippen LogP contribution in [0.1, 0.15) is 62.3 Å². The maximum Gasteiger partial charge on any atom is 0.0907 e. The van der Waals surface area contributed by atoms with Gasteiger partial charge in [0, 0.05) is 17.9 Å². The van der Waals surface area contributed by atoms with Gasteiger partial charge < -0.3 is 9.80 Å². The van der Waals surface area contributed by atoms with Crippen molar-refractivity contribution in [3.63, 3.8) is 0 Å². The van der Waals surface area contributed by atoms with E-state index in [0.29, 0.717) is 0 Å². The van der Waals surface area contributed by atoms with Crippen LogP contribution in [-0.2, 0) is 0 Å². The minimum absolute atomic E-state index is 0.0243. The molecule has 1 aliphatic rings. The Morgan fingerprint density at radius 3 is 1.37 bits per heavy atom. The number of hydrogen-bond donors (Lipinski definition) is 0. The van der Waals surface area contributed by atoms with E-state index in [2.05, 4.69) is 93.8 Å². The average molecular weight is 284 g/mol. The summed E-state index contributed by atoms with van der Waals surface area (Å²) in [7, 11) is 3.16. The molecular formula is C16H33N2P. The molecule has 2 nitrogen and oxygen atoms in total. The first kappa shape index (κ1) is 16.8. The van der Waals surface area contributed by atoms with Gasteiger partial charge in [0.1, 0.15) is 0 Å². The van der Waals surface area contributed by atoms with Gasteiger partial charge in [-0.15, -0.1) is 9.24 Å². The minimum atomic E-state index is 0.0243. The number of nitrogens with zero attached hydrogens (tertiary/aromatic N) is 2. The van der Waals surface area contributed by atoms with Gasteiger partial charge in [-0.1, -0.05) is 41.5 Å². The summed E-state index contributed by atoms with van der Waals surface area (Å²) < 4.78 is 0. The molecule has 0 N–H and O–H groups in total. The fraction of sp³-hybridized carbons (Fsp3) is 0.875. The highest BCUT2D eigenvalue weighted by Gasteiger charge is 2.51. The highest BCUT2D eigenvalue weighted by Crippen LogP contribution is 2.53. The molecule has 112 valence electrons. The van der Waals surface area contributed by atoms with Gasteiger partial charge in [0.25, 0.3) is 0 Å². The van der Waals surface area contributed by atoms with E-state index in [1.807, 2.05) is 0 Å². The van der Waals surface area contributed by atoms with Crippen molar-refractivity contribution in [3.8, 4) is 0 Å². The molecule has 0 radical (unpaired) electrons. The highest BCUT2D eigenvalue weighted by atomic mass is 31.0. The molecule has 0 saturated heterocycles. The largest absolute Gasteiger partial charge is 0.354 e. The molecule has 1 heterocycles. The van der Waals surface area contributed by atoms with E-state index in [0.717, 1.165) is 6.67 Å². The predicted octanol–water partition coefficient (Wildman–Crippen LogP) is 4.49. The molecule has 1 aliphatic heterocycles. The zero-order chi connectivity index (χ0) is 15.3. The lowest BCUT2D eigenvalue weighted by Crippen LogP contribution is -2.59. The molecule has 0 aromatic carbocycles. The van der Waals surface area contributed by atoms with Crippen molar-refractivity contribution in [3.05, 3.63) is 12.4 Å². The normalized spacial score (nSPS) is 18.4. The van der Waals surface area contributed by atoms with Crippen molar-refractivity contribution >= 4 is 9.24 Å². The second kappa shape index (κ2) is 4.65. The molecular weight excluding hydrogens is 251 g/mol. The molecule has 0 bridgehead atoms. The lowest BCUT2D eigenvalue weighted by molar-refractivity contribution is -0.00465. The third-order valence-electron chi connectivity index (χ3n) is 4.33. The molecule has 1 atom stereocenters. The lowest BCUT2D eigenvalue weighted by Gasteiger charge is -2.56. The molecule has 0 fully saturated rings. The van der Waals surface area contributed by atoms with E-state index in [9.17, 15) is 0 Å². The van der Waals surface area contributed by atoms with Crippen molar-refractivity contribution < 1.29 is 0 Å². The number of rotatable bonds is 1. The van der Waals surface area contributed by atoms with Crippen LogP contribution in [-0.4, -0.2) is 27.3 Å². The van der Waals surface area contributed by atoms with Crippen LogP contribution in [0, 0.1) is 10.8 Å². The smallest absolute Gasteiger partial charge is 0.0907 e. The van der Waals surface area contributed by atoms with Crippen LogP contribution in [0.15, 0.2) is 12.4 Å². The first-order valence-electron chi connectivity index (χ1n) is 7.22. The second-order valence-corrected chi connectivity index (χ2v) is 9.65. The van der Waals surface area contributed by atoms with E-state index < -0.39 is 0 Å². The molecule has 0 amide bonds. The van der Waals surface area contributed by atoms with Crippen LogP contribution in [0.25, 0.3) is 0 Å². The molecule has 0 spiro atoms. The van der Waals surface area contributed by atoms with Crippen molar-refractivity contribution in [1.82, 2.24) is 9.80 Å². The molecule has 19 heavy (non-hydrogen) atoms. The minimum Gasteiger partial charge on any atom is -0.354 e. The standard InChI is InChI=1S/C16H33N2P/c1-13(2,3)16(19,14(4,5)6)18-11-10-17(12-18)15(7,8)9/h10-11H,12,19H2,1-9H3. The van der Waals surface area contributed by atoms with Crippen LogP contribution >= 0.6 is 9.24 Å². The molecule has 0 aromatic rings. The van der Waals surface area contributed by atoms with E-state index in [4.69, 9.17) is 0 Å². The molecule has 0 aromatic heterocycles. The number of hydrogen-bond acceptors (Lipinski definition) is 2. The first-order valence-corrected chi connectivity index (χ1v) is 7.80. The van der Waals surface area contributed by atoms with Gasteiger partial charge >= 0.3 is 0 Å². The zero-order valence-electron chi connectivity index (χ0n) is 14.3. The van der Waals surface area contributed by atoms with Gasteiger partial charge in [0.15, 0.2) is 0 Å². The van der Waals surface area contributed by atoms with Crippen molar-refractivity contribution in [2.24, 2.45) is 10.8 Å². The first-order chi connectivity index (χ1) is 8.21. The summed E-state index contributed by atoms with van der Waals surface area (Å²) in [5.41, 5.74) is 0.523. The maximum atomic E-state index is 3.16. The van der Waals surface area contributed by atoms with Crippen LogP contribution in [0.2, 0.25) is 0 Å². The molecule has 1 unspecified atom stereocenters. The molecule has 0 saturated carbocycles. The van der Waals surface area contributed by atoms with Gasteiger partial charge in [0.05, 0.1) is 11.9 Å². The van der Waals surface area contributed by atoms with Crippen molar-refractivity contribution in [2.45, 2.75) is 73.1 Å². The summed E-state index contributed by atoms with van der Waals surface area (Å²) in [6.45, 7) is 21.7. The summed E-state index contributed by atoms with van der Waals surface area (Å²) in [4.78, 5) is 4.90. The molecule has 0 aliphatic carbocycles. The Morgan fingerprint density at radius 1 is 0.737 bits per heavy atom. The summed E-state index contributed by atoms with van der Waals surface area (Å²) >= 11 is 0. The zero-order valence-corrected chi connectivity index (χ0v) is 15.5. The Balaban J connectivity index is 3.10. The average Bonchev–Trinajstić information content (AvgIpc) is 2.60. The van der Waals surface area contributed by atoms with Gasteiger partial charge in [-0.05, 0) is 31.6 Å². The second-order valence-electron chi connectivity index (χ2n) is 8.82. The third kappa shape index (κ3) is 2.94. The van der Waals surface area contributed by atoms with Crippen LogP contribution in [0.5, 0.6) is 0 Å². The molecule has 3 heteroatoms. The summed E-state index contributed by atoms with van der Waals surface area (Å²) in [5.74, 6) is 0. The Kier molecular flexibility index (Phi) is 4.12. The van der Waals surface area contributed by atoms with Crippen molar-refractivity contribution in [1.29, 1.82) is 0 Å². The third-order valence-corrected chi connectivity index (χ3v) is 6.40. The topological polar surface area (TPSA) is 6.48 Å². The fourth-order valence-corrected chi connectivity index (χ4v) is 3.24. The van der Waals surface area contributed by atoms with Crippen LogP contribution in [0.3, 0.4) is 0 Å². The Bertz CT molecular complexity index is 338. The van der Waals surface area contributed by atoms with Gasteiger partial charge in [-0.3, -0.25) is 0 Å². The quantitative estimate of drug-likeness (QED) is 0.654. The van der Waals surface area contributed by atoms with Crippen LogP contribution < -0.4 is 0 Å². The van der Waals surface area contributed by atoms with E-state index >= 15 is 0 Å². The van der Waals surface area contributed by atoms with E-state index in [1.54, 1.807) is 0 Å². The van der Waals surface area contributed by atoms with Gasteiger partial charge in [-0.25, -0.2) is 0 Å². The van der Waals surface area contributed by atoms with Gasteiger partial charge in [0.2, 0.25) is 0 Å². The monoisotopic (exact) mass is 284 g/mol. The lowest BCUT2D eigenvalue weighted by atomic mass is 9.70. The summed E-state index contributed by atoms with van der Waals surface area (Å²) in [5, 5.41) is 0.0243. The summed E-state index contributed by atoms with van der Waals surface area (Å²) in [6, 6.07) is 0. The fourth-order valence-electron chi connectivity index (χ4n) is 3.07. The van der Waals surface area contributed by atoms with Crippen molar-refractivity contribution in [2.75, 3.05) is 6.67 Å². The SMILES string of the molecule is CC(C)(C)N1C=CN(C(P)(C(C)(C)C)C(C)(C)C)C1. The van der Waals surface area contributed by atoms with Crippen LogP contribution in [0.4, 0.5) is 0 Å². The summed E-state index contributed by atoms with van der Waals surface area (Å²) in [6.07, 6.45) is 4.49. The predicted molar refractivity (Wildman–Crippen MR) is 88.8 cm³/mol. The van der Waals surface area contributed by atoms with Gasteiger partial charge in [-0.2, -0.15) is 0 Å². The Hall–Kier alpha value is -0.230.